The van der Waals surface area contributed by atoms with Crippen LogP contribution in [0.4, 0.5) is 0 Å². The van der Waals surface area contributed by atoms with E-state index >= 15 is 0 Å². The molecule has 23 heavy (non-hydrogen) atoms. The van der Waals surface area contributed by atoms with Crippen LogP contribution in [0.1, 0.15) is 24.1 Å². The minimum absolute atomic E-state index is 0.450. The molecular formula is C18H17BrClNOS. The van der Waals surface area contributed by atoms with Gasteiger partial charge in [0.25, 0.3) is 0 Å². The van der Waals surface area contributed by atoms with Crippen molar-refractivity contribution in [2.75, 3.05) is 12.4 Å². The third kappa shape index (κ3) is 4.31. The molecule has 0 unspecified atom stereocenters. The zero-order valence-corrected chi connectivity index (χ0v) is 15.9. The van der Waals surface area contributed by atoms with Crippen LogP contribution in [0.15, 0.2) is 47.4 Å². The van der Waals surface area contributed by atoms with Crippen molar-refractivity contribution < 1.29 is 4.74 Å². The lowest BCUT2D eigenvalue weighted by atomic mass is 10.0. The van der Waals surface area contributed by atoms with Crippen LogP contribution in [0.5, 0.6) is 5.88 Å². The fourth-order valence-electron chi connectivity index (χ4n) is 2.26. The van der Waals surface area contributed by atoms with E-state index in [0.29, 0.717) is 10.9 Å². The van der Waals surface area contributed by atoms with E-state index in [4.69, 9.17) is 16.3 Å². The summed E-state index contributed by atoms with van der Waals surface area (Å²) in [5.41, 5.74) is 3.06. The van der Waals surface area contributed by atoms with Gasteiger partial charge in [0.2, 0.25) is 5.88 Å². The lowest BCUT2D eigenvalue weighted by Crippen LogP contribution is -1.96. The second-order valence-electron chi connectivity index (χ2n) is 5.30. The predicted molar refractivity (Wildman–Crippen MR) is 102 cm³/mol. The van der Waals surface area contributed by atoms with Gasteiger partial charge in [0.15, 0.2) is 0 Å². The Morgan fingerprint density at radius 3 is 2.65 bits per heavy atom. The van der Waals surface area contributed by atoms with Crippen LogP contribution in [-0.2, 0) is 0 Å². The highest BCUT2D eigenvalue weighted by molar-refractivity contribution is 9.09. The molecule has 1 aliphatic carbocycles. The molecule has 5 heteroatoms. The summed E-state index contributed by atoms with van der Waals surface area (Å²) in [6.45, 7) is 0. The van der Waals surface area contributed by atoms with Crippen LogP contribution in [-0.4, -0.2) is 22.7 Å². The Hall–Kier alpha value is -0.970. The molecule has 2 aromatic rings. The molecule has 3 rings (SSSR count). The van der Waals surface area contributed by atoms with E-state index in [1.54, 1.807) is 7.11 Å². The maximum atomic E-state index is 6.08. The Kier molecular flexibility index (Phi) is 5.67. The molecule has 0 bridgehead atoms. The average Bonchev–Trinajstić information content (AvgIpc) is 3.38. The lowest BCUT2D eigenvalue weighted by molar-refractivity contribution is 0.398. The smallest absolute Gasteiger partial charge is 0.232 e. The van der Waals surface area contributed by atoms with E-state index in [0.717, 1.165) is 27.4 Å². The van der Waals surface area contributed by atoms with Crippen molar-refractivity contribution in [3.05, 3.63) is 58.8 Å². The topological polar surface area (TPSA) is 22.1 Å². The molecule has 0 atom stereocenters. The van der Waals surface area contributed by atoms with E-state index in [1.165, 1.54) is 17.7 Å². The first-order valence-corrected chi connectivity index (χ1v) is 9.83. The van der Waals surface area contributed by atoms with Crippen molar-refractivity contribution in [2.45, 2.75) is 23.0 Å². The summed E-state index contributed by atoms with van der Waals surface area (Å²) in [7, 11) is 1.58. The van der Waals surface area contributed by atoms with Crippen LogP contribution < -0.4 is 4.74 Å². The molecule has 2 nitrogen and oxygen atoms in total. The number of nitrogens with zero attached hydrogens (tertiary/aromatic N) is 1. The van der Waals surface area contributed by atoms with Gasteiger partial charge in [0.05, 0.1) is 12.8 Å². The molecule has 0 saturated heterocycles. The minimum Gasteiger partial charge on any atom is -0.480 e. The first-order chi connectivity index (χ1) is 11.2. The molecule has 0 radical (unpaired) electrons. The van der Waals surface area contributed by atoms with E-state index in [9.17, 15) is 0 Å². The number of thioether (sulfide) groups is 1. The maximum absolute atomic E-state index is 6.08. The number of pyridine rings is 1. The molecule has 1 aromatic carbocycles. The standard InChI is InChI=1S/C18H17BrClNOS/c1-22-18-16(20)8-9-17(21-18)15(10-11-19)12-2-4-13(5-3-12)23-14-6-7-14/h2-5,8-10,14H,6-7,11H2,1H3/b15-10+. The Morgan fingerprint density at radius 2 is 2.04 bits per heavy atom. The molecule has 0 amide bonds. The van der Waals surface area contributed by atoms with E-state index in [2.05, 4.69) is 51.3 Å². The monoisotopic (exact) mass is 409 g/mol. The molecule has 0 spiro atoms. The summed E-state index contributed by atoms with van der Waals surface area (Å²) >= 11 is 11.5. The van der Waals surface area contributed by atoms with Gasteiger partial charge in [-0.2, -0.15) is 0 Å². The van der Waals surface area contributed by atoms with Gasteiger partial charge in [-0.05, 0) is 42.7 Å². The maximum Gasteiger partial charge on any atom is 0.232 e. The first kappa shape index (κ1) is 16.9. The molecule has 120 valence electrons. The molecule has 1 aromatic heterocycles. The molecule has 1 heterocycles. The zero-order chi connectivity index (χ0) is 16.2. The number of aromatic nitrogens is 1. The highest BCUT2D eigenvalue weighted by Crippen LogP contribution is 2.39. The fourth-order valence-corrected chi connectivity index (χ4v) is 3.81. The van der Waals surface area contributed by atoms with Crippen LogP contribution in [0, 0.1) is 0 Å². The number of alkyl halides is 1. The number of hydrogen-bond donors (Lipinski definition) is 0. The van der Waals surface area contributed by atoms with Gasteiger partial charge in [0.1, 0.15) is 5.02 Å². The average molecular weight is 411 g/mol. The van der Waals surface area contributed by atoms with Crippen molar-refractivity contribution in [1.82, 2.24) is 4.98 Å². The highest BCUT2D eigenvalue weighted by atomic mass is 79.9. The summed E-state index contributed by atoms with van der Waals surface area (Å²) in [6, 6.07) is 12.4. The van der Waals surface area contributed by atoms with Gasteiger partial charge in [-0.1, -0.05) is 45.7 Å². The molecule has 1 aliphatic rings. The molecule has 0 aliphatic heterocycles. The zero-order valence-electron chi connectivity index (χ0n) is 12.8. The number of allylic oxidation sites excluding steroid dienone is 1. The Morgan fingerprint density at radius 1 is 1.30 bits per heavy atom. The first-order valence-electron chi connectivity index (χ1n) is 7.45. The number of halogens is 2. The minimum atomic E-state index is 0.450. The third-order valence-corrected chi connectivity index (χ3v) is 5.52. The van der Waals surface area contributed by atoms with Crippen molar-refractivity contribution in [3.8, 4) is 5.88 Å². The van der Waals surface area contributed by atoms with Crippen molar-refractivity contribution >= 4 is 44.9 Å². The predicted octanol–water partition coefficient (Wildman–Crippen LogP) is 5.82. The normalized spacial score (nSPS) is 14.8. The van der Waals surface area contributed by atoms with Gasteiger partial charge >= 0.3 is 0 Å². The fraction of sp³-hybridized carbons (Fsp3) is 0.278. The largest absolute Gasteiger partial charge is 0.480 e. The van der Waals surface area contributed by atoms with Crippen molar-refractivity contribution in [2.24, 2.45) is 0 Å². The summed E-state index contributed by atoms with van der Waals surface area (Å²) < 4.78 is 5.23. The van der Waals surface area contributed by atoms with Crippen molar-refractivity contribution in [1.29, 1.82) is 0 Å². The number of benzene rings is 1. The second-order valence-corrected chi connectivity index (χ2v) is 7.73. The molecule has 1 saturated carbocycles. The van der Waals surface area contributed by atoms with Gasteiger partial charge in [-0.15, -0.1) is 11.8 Å². The van der Waals surface area contributed by atoms with Gasteiger partial charge in [-0.25, -0.2) is 4.98 Å². The van der Waals surface area contributed by atoms with Crippen LogP contribution in [0.2, 0.25) is 5.02 Å². The summed E-state index contributed by atoms with van der Waals surface area (Å²) in [5.74, 6) is 0.450. The van der Waals surface area contributed by atoms with E-state index < -0.39 is 0 Å². The second kappa shape index (κ2) is 7.73. The third-order valence-electron chi connectivity index (χ3n) is 3.56. The highest BCUT2D eigenvalue weighted by Gasteiger charge is 2.22. The van der Waals surface area contributed by atoms with Crippen molar-refractivity contribution in [3.63, 3.8) is 0 Å². The van der Waals surface area contributed by atoms with E-state index in [1.807, 2.05) is 23.9 Å². The van der Waals surface area contributed by atoms with Gasteiger partial charge in [0, 0.05) is 21.0 Å². The Labute approximate surface area is 154 Å². The molecule has 1 fully saturated rings. The quantitative estimate of drug-likeness (QED) is 0.560. The van der Waals surface area contributed by atoms with E-state index in [-0.39, 0.29) is 0 Å². The lowest BCUT2D eigenvalue weighted by Gasteiger charge is -2.10. The molecule has 0 N–H and O–H groups in total. The summed E-state index contributed by atoms with van der Waals surface area (Å²) in [5, 5.41) is 2.10. The van der Waals surface area contributed by atoms with Gasteiger partial charge in [-0.3, -0.25) is 0 Å². The van der Waals surface area contributed by atoms with Crippen LogP contribution in [0.25, 0.3) is 5.57 Å². The van der Waals surface area contributed by atoms with Crippen LogP contribution in [0.3, 0.4) is 0 Å². The number of ether oxygens (including phenoxy) is 1. The molecular weight excluding hydrogens is 394 g/mol. The van der Waals surface area contributed by atoms with Gasteiger partial charge < -0.3 is 4.74 Å². The summed E-state index contributed by atoms with van der Waals surface area (Å²) in [4.78, 5) is 5.85. The summed E-state index contributed by atoms with van der Waals surface area (Å²) in [6.07, 6.45) is 4.80. The number of methoxy groups -OCH3 is 1. The van der Waals surface area contributed by atoms with Crippen LogP contribution >= 0.6 is 39.3 Å². The Bertz CT molecular complexity index is 713. The number of rotatable bonds is 6. The number of hydrogen-bond acceptors (Lipinski definition) is 3. The Balaban J connectivity index is 1.90. The SMILES string of the molecule is COc1nc(/C(=C/CBr)c2ccc(SC3CC3)cc2)ccc1Cl.